The van der Waals surface area contributed by atoms with Gasteiger partial charge in [0.15, 0.2) is 0 Å². The molecule has 1 saturated heterocycles. The lowest BCUT2D eigenvalue weighted by atomic mass is 9.85. The van der Waals surface area contributed by atoms with Gasteiger partial charge in [-0.2, -0.15) is 4.99 Å². The highest BCUT2D eigenvalue weighted by molar-refractivity contribution is 6.05. The average molecular weight is 521 g/mol. The number of ether oxygens (including phenoxy) is 1. The van der Waals surface area contributed by atoms with Crippen LogP contribution in [0.5, 0.6) is 0 Å². The van der Waals surface area contributed by atoms with Crippen molar-refractivity contribution in [2.75, 3.05) is 32.6 Å². The van der Waals surface area contributed by atoms with Crippen molar-refractivity contribution in [3.05, 3.63) is 72.3 Å². The molecule has 1 aliphatic heterocycles. The number of rotatable bonds is 6. The maximum atomic E-state index is 12.4. The number of urea groups is 1. The maximum Gasteiger partial charge on any atom is 0.325 e. The van der Waals surface area contributed by atoms with E-state index in [1.54, 1.807) is 48.4 Å². The number of methoxy groups -OCH3 is 1. The minimum atomic E-state index is -0.644. The number of anilines is 1. The van der Waals surface area contributed by atoms with Gasteiger partial charge in [0.25, 0.3) is 5.91 Å². The zero-order valence-electron chi connectivity index (χ0n) is 21.4. The zero-order chi connectivity index (χ0) is 27.7. The summed E-state index contributed by atoms with van der Waals surface area (Å²) in [7, 11) is 3.16. The number of carbonyl (C=O) groups is 3. The molecule has 1 unspecified atom stereocenters. The molecule has 0 aliphatic carbocycles. The molecule has 2 aromatic carbocycles. The summed E-state index contributed by atoms with van der Waals surface area (Å²) in [5, 5.41) is 7.58. The monoisotopic (exact) mass is 520 g/mol. The lowest BCUT2D eigenvalue weighted by Crippen LogP contribution is -2.49. The Kier molecular flexibility index (Phi) is 9.17. The molecule has 0 aromatic heterocycles. The maximum absolute atomic E-state index is 12.4. The fourth-order valence-corrected chi connectivity index (χ4v) is 4.14. The molecule has 0 bridgehead atoms. The third kappa shape index (κ3) is 6.95. The molecule has 1 aliphatic rings. The van der Waals surface area contributed by atoms with Crippen LogP contribution in [-0.2, 0) is 15.1 Å². The molecule has 0 radical (unpaired) electrons. The molecule has 2 aromatic rings. The number of benzene rings is 2. The first-order valence-corrected chi connectivity index (χ1v) is 11.8. The molecule has 1 fully saturated rings. The number of carbonyl (C=O) groups excluding carboxylic acids is 3. The highest BCUT2D eigenvalue weighted by Gasteiger charge is 2.38. The summed E-state index contributed by atoms with van der Waals surface area (Å²) in [6.45, 7) is 4.63. The predicted octanol–water partition coefficient (Wildman–Crippen LogP) is 1.78. The second-order valence-corrected chi connectivity index (χ2v) is 8.52. The molecule has 1 heterocycles. The second-order valence-electron chi connectivity index (χ2n) is 8.52. The van der Waals surface area contributed by atoms with Crippen molar-refractivity contribution in [2.45, 2.75) is 18.4 Å². The van der Waals surface area contributed by atoms with E-state index in [2.05, 4.69) is 32.5 Å². The lowest BCUT2D eigenvalue weighted by Gasteiger charge is -2.42. The molecule has 3 rings (SSSR count). The predicted molar refractivity (Wildman–Crippen MR) is 146 cm³/mol. The van der Waals surface area contributed by atoms with Crippen molar-refractivity contribution in [3.8, 4) is 0 Å². The highest BCUT2D eigenvalue weighted by atomic mass is 16.5. The van der Waals surface area contributed by atoms with Crippen LogP contribution in [0.2, 0.25) is 0 Å². The molecular weight excluding hydrogens is 488 g/mol. The first kappa shape index (κ1) is 27.9. The molecule has 12 heteroatoms. The third-order valence-electron chi connectivity index (χ3n) is 6.08. The molecule has 4 amide bonds. The Bertz CT molecular complexity index is 1240. The molecule has 38 heavy (non-hydrogen) atoms. The van der Waals surface area contributed by atoms with Crippen LogP contribution in [0.15, 0.2) is 71.2 Å². The molecule has 7 N–H and O–H groups in total. The quantitative estimate of drug-likeness (QED) is 0.220. The van der Waals surface area contributed by atoms with Crippen LogP contribution in [0.3, 0.4) is 0 Å². The Morgan fingerprint density at radius 3 is 2.39 bits per heavy atom. The fraction of sp³-hybridized carbons (Fsp3) is 0.269. The normalized spacial score (nSPS) is 17.9. The molecule has 1 atom stereocenters. The number of guanidine groups is 2. The first-order chi connectivity index (χ1) is 18.2. The van der Waals surface area contributed by atoms with Crippen LogP contribution in [-0.4, -0.2) is 61.9 Å². The lowest BCUT2D eigenvalue weighted by molar-refractivity contribution is -0.136. The minimum absolute atomic E-state index is 0.134. The van der Waals surface area contributed by atoms with E-state index >= 15 is 0 Å². The van der Waals surface area contributed by atoms with Crippen LogP contribution < -0.4 is 27.4 Å². The Morgan fingerprint density at radius 2 is 1.79 bits per heavy atom. The van der Waals surface area contributed by atoms with Gasteiger partial charge in [0.2, 0.25) is 17.8 Å². The van der Waals surface area contributed by atoms with E-state index in [1.165, 1.54) is 13.1 Å². The van der Waals surface area contributed by atoms with Crippen LogP contribution in [0, 0.1) is 0 Å². The number of hydrogen-bond donors (Lipinski definition) is 5. The number of aliphatic imine (C=N–C) groups is 2. The Morgan fingerprint density at radius 1 is 1.11 bits per heavy atom. The molecule has 0 spiro atoms. The van der Waals surface area contributed by atoms with Gasteiger partial charge < -0.3 is 31.7 Å². The van der Waals surface area contributed by atoms with Crippen LogP contribution in [0.25, 0.3) is 0 Å². The summed E-state index contributed by atoms with van der Waals surface area (Å²) >= 11 is 0. The highest BCUT2D eigenvalue weighted by Crippen LogP contribution is 2.35. The van der Waals surface area contributed by atoms with Gasteiger partial charge in [0.1, 0.15) is 5.60 Å². The molecule has 200 valence electrons. The van der Waals surface area contributed by atoms with Crippen LogP contribution >= 0.6 is 0 Å². The molecular formula is C26H32N8O4. The summed E-state index contributed by atoms with van der Waals surface area (Å²) in [6.07, 6.45) is 2.85. The van der Waals surface area contributed by atoms with Crippen molar-refractivity contribution in [1.82, 2.24) is 15.5 Å². The summed E-state index contributed by atoms with van der Waals surface area (Å²) in [5.74, 6) is -0.791. The van der Waals surface area contributed by atoms with Crippen molar-refractivity contribution in [1.29, 1.82) is 0 Å². The summed E-state index contributed by atoms with van der Waals surface area (Å²) in [6, 6.07) is 12.9. The van der Waals surface area contributed by atoms with E-state index < -0.39 is 11.6 Å². The van der Waals surface area contributed by atoms with E-state index in [9.17, 15) is 14.4 Å². The van der Waals surface area contributed by atoms with Gasteiger partial charge in [0.05, 0.1) is 12.2 Å². The van der Waals surface area contributed by atoms with Gasteiger partial charge >= 0.3 is 6.03 Å². The number of piperidine rings is 1. The van der Waals surface area contributed by atoms with Crippen molar-refractivity contribution in [3.63, 3.8) is 0 Å². The Labute approximate surface area is 220 Å². The summed E-state index contributed by atoms with van der Waals surface area (Å²) < 4.78 is 5.86. The van der Waals surface area contributed by atoms with E-state index in [1.807, 2.05) is 12.1 Å². The van der Waals surface area contributed by atoms with Crippen LogP contribution in [0.4, 0.5) is 16.2 Å². The number of amides is 4. The van der Waals surface area contributed by atoms with Gasteiger partial charge in [0, 0.05) is 32.0 Å². The standard InChI is InChI=1S/C26H32N8O4/c1-4-21(35)34-15-5-14-26(16-34,38-3)18-8-12-20(13-9-18)31-25(37)33-24(28)32-23(27)30-19-10-6-17(7-11-19)22(36)29-2/h4,6-13H,1,5,14-16H2,2-3H3,(H,29,36)(H6,27,28,30,31,32,33,37). The van der Waals surface area contributed by atoms with Crippen molar-refractivity contribution >= 4 is 41.1 Å². The van der Waals surface area contributed by atoms with Gasteiger partial charge in [-0.05, 0) is 60.9 Å². The molecule has 12 nitrogen and oxygen atoms in total. The zero-order valence-corrected chi connectivity index (χ0v) is 21.4. The second kappa shape index (κ2) is 12.5. The Hall–Kier alpha value is -4.71. The fourth-order valence-electron chi connectivity index (χ4n) is 4.14. The Balaban J connectivity index is 1.60. The number of nitrogens with one attached hydrogen (secondary N) is 3. The smallest absolute Gasteiger partial charge is 0.325 e. The van der Waals surface area contributed by atoms with E-state index in [-0.39, 0.29) is 23.7 Å². The topological polar surface area (TPSA) is 177 Å². The van der Waals surface area contributed by atoms with Gasteiger partial charge in [-0.3, -0.25) is 14.9 Å². The van der Waals surface area contributed by atoms with Crippen molar-refractivity contribution < 1.29 is 19.1 Å². The summed E-state index contributed by atoms with van der Waals surface area (Å²) in [4.78, 5) is 45.8. The minimum Gasteiger partial charge on any atom is -0.372 e. The van der Waals surface area contributed by atoms with E-state index in [0.717, 1.165) is 18.4 Å². The average Bonchev–Trinajstić information content (AvgIpc) is 2.92. The van der Waals surface area contributed by atoms with Gasteiger partial charge in [-0.15, -0.1) is 0 Å². The van der Waals surface area contributed by atoms with E-state index in [0.29, 0.717) is 30.0 Å². The SMILES string of the molecule is C=CC(=O)N1CCCC(OC)(c2ccc(NC(=O)N/C(N)=N\C(N)=Nc3ccc(C(=O)NC)cc3)cc2)C1. The van der Waals surface area contributed by atoms with E-state index in [4.69, 9.17) is 16.2 Å². The summed E-state index contributed by atoms with van der Waals surface area (Å²) in [5.41, 5.74) is 13.3. The number of hydrogen-bond acceptors (Lipinski definition) is 5. The number of likely N-dealkylation sites (tertiary alicyclic amines) is 1. The largest absolute Gasteiger partial charge is 0.372 e. The molecule has 0 saturated carbocycles. The first-order valence-electron chi connectivity index (χ1n) is 11.8. The van der Waals surface area contributed by atoms with Crippen LogP contribution in [0.1, 0.15) is 28.8 Å². The third-order valence-corrected chi connectivity index (χ3v) is 6.08. The van der Waals surface area contributed by atoms with Crippen molar-refractivity contribution in [2.24, 2.45) is 21.5 Å². The number of nitrogens with two attached hydrogens (primary N) is 2. The number of nitrogens with zero attached hydrogens (tertiary/aromatic N) is 3. The van der Waals surface area contributed by atoms with Gasteiger partial charge in [-0.25, -0.2) is 9.79 Å². The van der Waals surface area contributed by atoms with Gasteiger partial charge in [-0.1, -0.05) is 18.7 Å².